The SMILES string of the molecule is O=C(Nc1ccc(NCCc2ccccn2)cc1)c1ccccc1-c1cccc(OC(F)(F)F)c1. The molecule has 1 aromatic heterocycles. The third kappa shape index (κ3) is 6.83. The van der Waals surface area contributed by atoms with Crippen molar-refractivity contribution < 1.29 is 22.7 Å². The second kappa shape index (κ2) is 10.7. The molecular weight excluding hydrogens is 455 g/mol. The fraction of sp³-hybridized carbons (Fsp3) is 0.111. The van der Waals surface area contributed by atoms with E-state index >= 15 is 0 Å². The van der Waals surface area contributed by atoms with Gasteiger partial charge in [0.1, 0.15) is 5.75 Å². The monoisotopic (exact) mass is 477 g/mol. The van der Waals surface area contributed by atoms with Crippen molar-refractivity contribution in [1.29, 1.82) is 0 Å². The van der Waals surface area contributed by atoms with Gasteiger partial charge in [0.2, 0.25) is 0 Å². The standard InChI is InChI=1S/C27H22F3N3O2/c28-27(29,30)35-23-8-5-6-19(18-23)24-9-1-2-10-25(24)26(34)33-22-13-11-21(12-14-22)32-17-15-20-7-3-4-16-31-20/h1-14,16,18,32H,15,17H2,(H,33,34). The van der Waals surface area contributed by atoms with E-state index in [-0.39, 0.29) is 11.7 Å². The van der Waals surface area contributed by atoms with Gasteiger partial charge in [-0.3, -0.25) is 9.78 Å². The molecule has 0 aliphatic heterocycles. The predicted octanol–water partition coefficient (Wildman–Crippen LogP) is 6.55. The highest BCUT2D eigenvalue weighted by Gasteiger charge is 2.31. The van der Waals surface area contributed by atoms with Crippen LogP contribution in [0.1, 0.15) is 16.1 Å². The predicted molar refractivity (Wildman–Crippen MR) is 129 cm³/mol. The Morgan fingerprint density at radius 2 is 1.60 bits per heavy atom. The van der Waals surface area contributed by atoms with Crippen molar-refractivity contribution in [3.8, 4) is 16.9 Å². The fourth-order valence-corrected chi connectivity index (χ4v) is 3.54. The van der Waals surface area contributed by atoms with Crippen LogP contribution in [0.25, 0.3) is 11.1 Å². The third-order valence-electron chi connectivity index (χ3n) is 5.13. The van der Waals surface area contributed by atoms with Crippen LogP contribution in [0, 0.1) is 0 Å². The normalized spacial score (nSPS) is 11.1. The summed E-state index contributed by atoms with van der Waals surface area (Å²) in [6, 6.07) is 25.3. The van der Waals surface area contributed by atoms with Crippen LogP contribution >= 0.6 is 0 Å². The van der Waals surface area contributed by atoms with Gasteiger partial charge in [-0.1, -0.05) is 36.4 Å². The van der Waals surface area contributed by atoms with Crippen molar-refractivity contribution >= 4 is 17.3 Å². The number of aromatic nitrogens is 1. The van der Waals surface area contributed by atoms with E-state index < -0.39 is 6.36 Å². The molecule has 2 N–H and O–H groups in total. The number of nitrogens with one attached hydrogen (secondary N) is 2. The van der Waals surface area contributed by atoms with Gasteiger partial charge in [-0.2, -0.15) is 0 Å². The zero-order valence-corrected chi connectivity index (χ0v) is 18.5. The highest BCUT2D eigenvalue weighted by Crippen LogP contribution is 2.30. The van der Waals surface area contributed by atoms with E-state index in [0.717, 1.165) is 17.8 Å². The minimum Gasteiger partial charge on any atom is -0.406 e. The first kappa shape index (κ1) is 23.8. The molecule has 178 valence electrons. The molecule has 5 nitrogen and oxygen atoms in total. The number of alkyl halides is 3. The first-order valence-electron chi connectivity index (χ1n) is 10.9. The fourth-order valence-electron chi connectivity index (χ4n) is 3.54. The summed E-state index contributed by atoms with van der Waals surface area (Å²) in [4.78, 5) is 17.3. The summed E-state index contributed by atoms with van der Waals surface area (Å²) in [6.07, 6.45) is -2.25. The van der Waals surface area contributed by atoms with E-state index in [9.17, 15) is 18.0 Å². The molecule has 0 atom stereocenters. The summed E-state index contributed by atoms with van der Waals surface area (Å²) < 4.78 is 41.8. The van der Waals surface area contributed by atoms with Crippen molar-refractivity contribution in [3.05, 3.63) is 108 Å². The molecule has 0 saturated heterocycles. The van der Waals surface area contributed by atoms with Crippen LogP contribution in [0.15, 0.2) is 97.2 Å². The molecule has 0 fully saturated rings. The van der Waals surface area contributed by atoms with Gasteiger partial charge < -0.3 is 15.4 Å². The lowest BCUT2D eigenvalue weighted by atomic mass is 9.99. The van der Waals surface area contributed by atoms with Crippen molar-refractivity contribution in [1.82, 2.24) is 4.98 Å². The molecule has 35 heavy (non-hydrogen) atoms. The molecular formula is C27H22F3N3O2. The average Bonchev–Trinajstić information content (AvgIpc) is 2.85. The van der Waals surface area contributed by atoms with E-state index in [1.807, 2.05) is 30.3 Å². The summed E-state index contributed by atoms with van der Waals surface area (Å²) >= 11 is 0. The van der Waals surface area contributed by atoms with Gasteiger partial charge in [0.15, 0.2) is 0 Å². The molecule has 1 amide bonds. The molecule has 4 aromatic rings. The number of nitrogens with zero attached hydrogens (tertiary/aromatic N) is 1. The minimum absolute atomic E-state index is 0.328. The molecule has 0 spiro atoms. The molecule has 0 aliphatic carbocycles. The number of carbonyl (C=O) groups excluding carboxylic acids is 1. The summed E-state index contributed by atoms with van der Waals surface area (Å²) in [5.41, 5.74) is 3.75. The first-order chi connectivity index (χ1) is 16.9. The Hall–Kier alpha value is -4.33. The number of pyridine rings is 1. The van der Waals surface area contributed by atoms with Gasteiger partial charge in [-0.05, 0) is 65.7 Å². The van der Waals surface area contributed by atoms with Crippen LogP contribution in [0.2, 0.25) is 0 Å². The Balaban J connectivity index is 1.42. The van der Waals surface area contributed by atoms with Crippen molar-refractivity contribution in [2.24, 2.45) is 0 Å². The zero-order valence-electron chi connectivity index (χ0n) is 18.5. The Labute approximate surface area is 200 Å². The minimum atomic E-state index is -4.80. The highest BCUT2D eigenvalue weighted by molar-refractivity contribution is 6.08. The van der Waals surface area contributed by atoms with Crippen molar-refractivity contribution in [3.63, 3.8) is 0 Å². The second-order valence-corrected chi connectivity index (χ2v) is 7.65. The first-order valence-corrected chi connectivity index (χ1v) is 10.9. The van der Waals surface area contributed by atoms with Crippen LogP contribution < -0.4 is 15.4 Å². The number of ether oxygens (including phenoxy) is 1. The lowest BCUT2D eigenvalue weighted by molar-refractivity contribution is -0.274. The van der Waals surface area contributed by atoms with Gasteiger partial charge in [-0.15, -0.1) is 13.2 Å². The number of amides is 1. The van der Waals surface area contributed by atoms with E-state index in [0.29, 0.717) is 28.9 Å². The van der Waals surface area contributed by atoms with E-state index in [2.05, 4.69) is 20.4 Å². The number of anilines is 2. The number of hydrogen-bond acceptors (Lipinski definition) is 4. The lowest BCUT2D eigenvalue weighted by Crippen LogP contribution is -2.17. The Morgan fingerprint density at radius 1 is 0.857 bits per heavy atom. The molecule has 0 aliphatic rings. The maximum atomic E-state index is 13.0. The Kier molecular flexibility index (Phi) is 7.30. The van der Waals surface area contributed by atoms with Crippen LogP contribution in [-0.4, -0.2) is 23.8 Å². The molecule has 0 radical (unpaired) electrons. The lowest BCUT2D eigenvalue weighted by Gasteiger charge is -2.13. The largest absolute Gasteiger partial charge is 0.573 e. The zero-order chi connectivity index (χ0) is 24.7. The summed E-state index contributed by atoms with van der Waals surface area (Å²) in [6.45, 7) is 0.715. The molecule has 3 aromatic carbocycles. The van der Waals surface area contributed by atoms with Crippen LogP contribution in [-0.2, 0) is 6.42 Å². The number of benzene rings is 3. The van der Waals surface area contributed by atoms with E-state index in [1.54, 1.807) is 48.7 Å². The van der Waals surface area contributed by atoms with Crippen molar-refractivity contribution in [2.45, 2.75) is 12.8 Å². The number of carbonyl (C=O) groups is 1. The molecule has 4 rings (SSSR count). The Bertz CT molecular complexity index is 1280. The maximum absolute atomic E-state index is 13.0. The number of halogens is 3. The second-order valence-electron chi connectivity index (χ2n) is 7.65. The van der Waals surface area contributed by atoms with Crippen molar-refractivity contribution in [2.75, 3.05) is 17.2 Å². The smallest absolute Gasteiger partial charge is 0.406 e. The summed E-state index contributed by atoms with van der Waals surface area (Å²) in [5, 5.41) is 6.16. The van der Waals surface area contributed by atoms with Gasteiger partial charge in [-0.25, -0.2) is 0 Å². The summed E-state index contributed by atoms with van der Waals surface area (Å²) in [5.74, 6) is -0.727. The summed E-state index contributed by atoms with van der Waals surface area (Å²) in [7, 11) is 0. The quantitative estimate of drug-likeness (QED) is 0.302. The van der Waals surface area contributed by atoms with E-state index in [4.69, 9.17) is 0 Å². The molecule has 0 saturated carbocycles. The Morgan fingerprint density at radius 3 is 2.34 bits per heavy atom. The topological polar surface area (TPSA) is 63.2 Å². The molecule has 1 heterocycles. The van der Waals surface area contributed by atoms with Gasteiger partial charge in [0, 0.05) is 41.8 Å². The molecule has 0 bridgehead atoms. The molecule has 8 heteroatoms. The van der Waals surface area contributed by atoms with Crippen LogP contribution in [0.4, 0.5) is 24.5 Å². The van der Waals surface area contributed by atoms with Crippen LogP contribution in [0.3, 0.4) is 0 Å². The van der Waals surface area contributed by atoms with Gasteiger partial charge in [0.25, 0.3) is 5.91 Å². The highest BCUT2D eigenvalue weighted by atomic mass is 19.4. The average molecular weight is 477 g/mol. The number of hydrogen-bond donors (Lipinski definition) is 2. The molecule has 0 unspecified atom stereocenters. The maximum Gasteiger partial charge on any atom is 0.573 e. The van der Waals surface area contributed by atoms with Gasteiger partial charge >= 0.3 is 6.36 Å². The van der Waals surface area contributed by atoms with E-state index in [1.165, 1.54) is 18.2 Å². The number of rotatable bonds is 8. The van der Waals surface area contributed by atoms with Crippen LogP contribution in [0.5, 0.6) is 5.75 Å². The third-order valence-corrected chi connectivity index (χ3v) is 5.13. The van der Waals surface area contributed by atoms with Gasteiger partial charge in [0.05, 0.1) is 0 Å².